The molecule has 0 radical (unpaired) electrons. The number of aryl methyl sites for hydroxylation is 2. The lowest BCUT2D eigenvalue weighted by Crippen LogP contribution is -2.24. The Hall–Kier alpha value is -2.71. The Morgan fingerprint density at radius 2 is 1.74 bits per heavy atom. The molecular weight excluding hydrogens is 425 g/mol. The van der Waals surface area contributed by atoms with Gasteiger partial charge in [0.15, 0.2) is 6.10 Å². The van der Waals surface area contributed by atoms with Crippen LogP contribution < -0.4 is 5.32 Å². The number of hydrogen-bond acceptors (Lipinski definition) is 4. The molecule has 0 spiro atoms. The fraction of sp³-hybridized carbons (Fsp3) is 0.304. The lowest BCUT2D eigenvalue weighted by molar-refractivity contribution is -0.206. The third-order valence-electron chi connectivity index (χ3n) is 4.30. The number of aliphatic hydroxyl groups is 1. The number of rotatable bonds is 5. The van der Waals surface area contributed by atoms with Gasteiger partial charge in [0.2, 0.25) is 0 Å². The monoisotopic (exact) mass is 450 g/mol. The van der Waals surface area contributed by atoms with Crippen molar-refractivity contribution in [2.24, 2.45) is 0 Å². The molecule has 31 heavy (non-hydrogen) atoms. The van der Waals surface area contributed by atoms with Gasteiger partial charge in [-0.05, 0) is 48.7 Å². The van der Waals surface area contributed by atoms with Crippen molar-refractivity contribution < 1.29 is 23.1 Å². The first-order valence-electron chi connectivity index (χ1n) is 9.80. The van der Waals surface area contributed by atoms with Crippen LogP contribution in [-0.4, -0.2) is 22.2 Å². The summed E-state index contributed by atoms with van der Waals surface area (Å²) in [5.74, 6) is -0.539. The molecule has 1 amide bonds. The molecule has 1 heterocycles. The number of hydrogen-bond donors (Lipinski definition) is 2. The van der Waals surface area contributed by atoms with E-state index in [1.54, 1.807) is 18.3 Å². The van der Waals surface area contributed by atoms with Gasteiger partial charge >= 0.3 is 6.18 Å². The first kappa shape index (κ1) is 24.6. The van der Waals surface area contributed by atoms with Crippen molar-refractivity contribution in [3.63, 3.8) is 0 Å². The van der Waals surface area contributed by atoms with Crippen molar-refractivity contribution >= 4 is 17.2 Å². The summed E-state index contributed by atoms with van der Waals surface area (Å²) in [6, 6.07) is 11.0. The van der Waals surface area contributed by atoms with Crippen molar-refractivity contribution in [1.82, 2.24) is 10.3 Å². The summed E-state index contributed by atoms with van der Waals surface area (Å²) in [4.78, 5) is 17.7. The third kappa shape index (κ3) is 6.63. The van der Waals surface area contributed by atoms with E-state index < -0.39 is 18.2 Å². The molecule has 1 atom stereocenters. The molecule has 1 unspecified atom stereocenters. The zero-order valence-corrected chi connectivity index (χ0v) is 18.6. The molecule has 0 aliphatic carbocycles. The number of nitrogens with one attached hydrogen (secondary N) is 1. The average molecular weight is 451 g/mol. The van der Waals surface area contributed by atoms with Gasteiger partial charge in [-0.15, -0.1) is 11.3 Å². The largest absolute Gasteiger partial charge is 0.418 e. The van der Waals surface area contributed by atoms with Crippen molar-refractivity contribution in [2.45, 2.75) is 46.5 Å². The molecule has 3 aromatic rings. The molecule has 1 aromatic heterocycles. The van der Waals surface area contributed by atoms with Crippen LogP contribution in [0.25, 0.3) is 11.1 Å². The van der Waals surface area contributed by atoms with Crippen LogP contribution in [0.1, 0.15) is 51.3 Å². The highest BCUT2D eigenvalue weighted by Gasteiger charge is 2.39. The second-order valence-electron chi connectivity index (χ2n) is 6.70. The Labute approximate surface area is 183 Å². The summed E-state index contributed by atoms with van der Waals surface area (Å²) in [7, 11) is 0. The van der Waals surface area contributed by atoms with Crippen LogP contribution in [-0.2, 0) is 6.54 Å². The van der Waals surface area contributed by atoms with Gasteiger partial charge in [-0.2, -0.15) is 13.2 Å². The number of nitrogens with zero attached hydrogens (tertiary/aromatic N) is 1. The van der Waals surface area contributed by atoms with Gasteiger partial charge < -0.3 is 10.4 Å². The number of halogens is 3. The standard InChI is InChI=1S/C21H19F3N2O2S.C2H6/c1-12-3-5-14(6-4-12)15-7-16(19(27)21(22,23)24)9-17(8-15)20(28)26-11-18-25-10-13(2)29-18;1-2/h3-10,19,27H,11H2,1-2H3,(H,26,28);1-2H3. The minimum absolute atomic E-state index is 0.0367. The van der Waals surface area contributed by atoms with E-state index in [0.29, 0.717) is 16.1 Å². The Morgan fingerprint density at radius 1 is 1.10 bits per heavy atom. The quantitative estimate of drug-likeness (QED) is 0.503. The van der Waals surface area contributed by atoms with E-state index in [9.17, 15) is 23.1 Å². The van der Waals surface area contributed by atoms with E-state index in [1.165, 1.54) is 23.5 Å². The number of thiazole rings is 1. The number of alkyl halides is 3. The van der Waals surface area contributed by atoms with E-state index in [-0.39, 0.29) is 17.7 Å². The van der Waals surface area contributed by atoms with Crippen LogP contribution in [0.4, 0.5) is 13.2 Å². The highest BCUT2D eigenvalue weighted by molar-refractivity contribution is 7.11. The summed E-state index contributed by atoms with van der Waals surface area (Å²) < 4.78 is 39.2. The molecule has 3 rings (SSSR count). The second kappa shape index (κ2) is 10.5. The van der Waals surface area contributed by atoms with Crippen LogP contribution in [0.2, 0.25) is 0 Å². The lowest BCUT2D eigenvalue weighted by atomic mass is 9.96. The zero-order valence-electron chi connectivity index (χ0n) is 17.7. The van der Waals surface area contributed by atoms with Gasteiger partial charge in [-0.25, -0.2) is 4.98 Å². The zero-order chi connectivity index (χ0) is 23.2. The molecule has 0 fully saturated rings. The molecule has 0 bridgehead atoms. The number of amides is 1. The Balaban J connectivity index is 0.00000166. The summed E-state index contributed by atoms with van der Waals surface area (Å²) in [5.41, 5.74) is 1.72. The predicted octanol–water partition coefficient (Wildman–Crippen LogP) is 5.98. The fourth-order valence-corrected chi connectivity index (χ4v) is 3.51. The number of carbonyl (C=O) groups is 1. The average Bonchev–Trinajstić information content (AvgIpc) is 3.17. The Morgan fingerprint density at radius 3 is 2.29 bits per heavy atom. The molecule has 2 aromatic carbocycles. The van der Waals surface area contributed by atoms with Gasteiger partial charge in [0, 0.05) is 16.6 Å². The highest BCUT2D eigenvalue weighted by Crippen LogP contribution is 2.35. The fourth-order valence-electron chi connectivity index (χ4n) is 2.78. The van der Waals surface area contributed by atoms with E-state index in [2.05, 4.69) is 10.3 Å². The molecule has 4 nitrogen and oxygen atoms in total. The topological polar surface area (TPSA) is 62.2 Å². The molecule has 0 aliphatic rings. The number of aliphatic hydroxyl groups excluding tert-OH is 1. The van der Waals surface area contributed by atoms with Crippen LogP contribution in [0, 0.1) is 13.8 Å². The molecule has 8 heteroatoms. The van der Waals surface area contributed by atoms with Gasteiger partial charge in [-0.1, -0.05) is 43.7 Å². The summed E-state index contributed by atoms with van der Waals surface area (Å²) in [6.07, 6.45) is -5.83. The van der Waals surface area contributed by atoms with Gasteiger partial charge in [0.25, 0.3) is 5.91 Å². The molecule has 2 N–H and O–H groups in total. The Kier molecular flexibility index (Phi) is 8.36. The number of aromatic nitrogens is 1. The molecule has 0 saturated heterocycles. The first-order valence-corrected chi connectivity index (χ1v) is 10.6. The van der Waals surface area contributed by atoms with Crippen molar-refractivity contribution in [3.8, 4) is 11.1 Å². The van der Waals surface area contributed by atoms with Crippen molar-refractivity contribution in [3.05, 3.63) is 75.2 Å². The molecule has 166 valence electrons. The van der Waals surface area contributed by atoms with E-state index in [1.807, 2.05) is 39.8 Å². The SMILES string of the molecule is CC.Cc1ccc(-c2cc(C(=O)NCc3ncc(C)s3)cc(C(O)C(F)(F)F)c2)cc1. The third-order valence-corrected chi connectivity index (χ3v) is 5.21. The van der Waals surface area contributed by atoms with Gasteiger partial charge in [-0.3, -0.25) is 4.79 Å². The Bertz CT molecular complexity index is 1010. The highest BCUT2D eigenvalue weighted by atomic mass is 32.1. The second-order valence-corrected chi connectivity index (χ2v) is 8.02. The minimum atomic E-state index is -4.84. The molecule has 0 aliphatic heterocycles. The smallest absolute Gasteiger partial charge is 0.379 e. The van der Waals surface area contributed by atoms with Crippen LogP contribution in [0.3, 0.4) is 0 Å². The summed E-state index contributed by atoms with van der Waals surface area (Å²) in [5, 5.41) is 13.1. The number of carbonyl (C=O) groups excluding carboxylic acids is 1. The molecular formula is C23H25F3N2O2S. The maximum atomic E-state index is 13.1. The minimum Gasteiger partial charge on any atom is -0.379 e. The number of benzene rings is 2. The lowest BCUT2D eigenvalue weighted by Gasteiger charge is -2.17. The van der Waals surface area contributed by atoms with E-state index in [0.717, 1.165) is 16.5 Å². The van der Waals surface area contributed by atoms with Crippen LogP contribution in [0.15, 0.2) is 48.7 Å². The maximum Gasteiger partial charge on any atom is 0.418 e. The summed E-state index contributed by atoms with van der Waals surface area (Å²) in [6.45, 7) is 7.95. The normalized spacial score (nSPS) is 12.0. The summed E-state index contributed by atoms with van der Waals surface area (Å²) >= 11 is 1.42. The van der Waals surface area contributed by atoms with Crippen LogP contribution >= 0.6 is 11.3 Å². The van der Waals surface area contributed by atoms with Crippen molar-refractivity contribution in [1.29, 1.82) is 0 Å². The van der Waals surface area contributed by atoms with Crippen LogP contribution in [0.5, 0.6) is 0 Å². The predicted molar refractivity (Wildman–Crippen MR) is 117 cm³/mol. The van der Waals surface area contributed by atoms with E-state index in [4.69, 9.17) is 0 Å². The first-order chi connectivity index (χ1) is 14.6. The van der Waals surface area contributed by atoms with E-state index >= 15 is 0 Å². The molecule has 0 saturated carbocycles. The maximum absolute atomic E-state index is 13.1. The van der Waals surface area contributed by atoms with Gasteiger partial charge in [0.1, 0.15) is 5.01 Å². The van der Waals surface area contributed by atoms with Crippen molar-refractivity contribution in [2.75, 3.05) is 0 Å². The van der Waals surface area contributed by atoms with Gasteiger partial charge in [0.05, 0.1) is 6.54 Å².